The minimum atomic E-state index is -0.383. The van der Waals surface area contributed by atoms with Crippen LogP contribution >= 0.6 is 0 Å². The zero-order valence-electron chi connectivity index (χ0n) is 8.95. The molecule has 1 rings (SSSR count). The van der Waals surface area contributed by atoms with Gasteiger partial charge < -0.3 is 4.74 Å². The Balaban J connectivity index is 2.05. The molecular formula is C10H17NO4. The van der Waals surface area contributed by atoms with Crippen molar-refractivity contribution in [3.05, 3.63) is 0 Å². The molecule has 86 valence electrons. The van der Waals surface area contributed by atoms with E-state index >= 15 is 0 Å². The Hall–Kier alpha value is -1.10. The summed E-state index contributed by atoms with van der Waals surface area (Å²) < 4.78 is 4.42. The molecule has 0 bridgehead atoms. The van der Waals surface area contributed by atoms with Gasteiger partial charge in [0.15, 0.2) is 0 Å². The van der Waals surface area contributed by atoms with Crippen LogP contribution in [0.15, 0.2) is 0 Å². The number of methoxy groups -OCH3 is 1. The van der Waals surface area contributed by atoms with E-state index in [-0.39, 0.29) is 30.8 Å². The summed E-state index contributed by atoms with van der Waals surface area (Å²) in [7, 11) is 1.30. The summed E-state index contributed by atoms with van der Waals surface area (Å²) in [5, 5.41) is 0. The Morgan fingerprint density at radius 3 is 2.53 bits per heavy atom. The van der Waals surface area contributed by atoms with Crippen molar-refractivity contribution in [2.75, 3.05) is 7.11 Å². The summed E-state index contributed by atoms with van der Waals surface area (Å²) in [5.41, 5.74) is 2.36. The quantitative estimate of drug-likeness (QED) is 0.547. The molecular weight excluding hydrogens is 198 g/mol. The number of carbonyl (C=O) groups excluding carboxylic acids is 2. The third-order valence-corrected chi connectivity index (χ3v) is 2.43. The van der Waals surface area contributed by atoms with Gasteiger partial charge in [0.25, 0.3) is 0 Å². The predicted octanol–water partition coefficient (Wildman–Crippen LogP) is 0.930. The second-order valence-corrected chi connectivity index (χ2v) is 3.63. The molecule has 0 atom stereocenters. The van der Waals surface area contributed by atoms with Crippen LogP contribution in [0.1, 0.15) is 38.5 Å². The van der Waals surface area contributed by atoms with E-state index in [1.165, 1.54) is 7.11 Å². The van der Waals surface area contributed by atoms with Gasteiger partial charge in [-0.1, -0.05) is 12.8 Å². The lowest BCUT2D eigenvalue weighted by molar-refractivity contribution is -0.145. The lowest BCUT2D eigenvalue weighted by Crippen LogP contribution is -2.28. The molecule has 1 amide bonds. The number of nitrogens with one attached hydrogen (secondary N) is 1. The highest BCUT2D eigenvalue weighted by Gasteiger charge is 2.17. The van der Waals surface area contributed by atoms with E-state index in [4.69, 9.17) is 4.84 Å². The average Bonchev–Trinajstić information content (AvgIpc) is 2.75. The van der Waals surface area contributed by atoms with Crippen molar-refractivity contribution in [2.24, 2.45) is 0 Å². The first-order valence-electron chi connectivity index (χ1n) is 5.23. The number of hydrogen-bond acceptors (Lipinski definition) is 4. The van der Waals surface area contributed by atoms with Crippen LogP contribution in [0.25, 0.3) is 0 Å². The molecule has 0 heterocycles. The summed E-state index contributed by atoms with van der Waals surface area (Å²) in [6.45, 7) is 0. The molecule has 0 saturated heterocycles. The normalized spacial score (nSPS) is 16.3. The number of hydrogen-bond donors (Lipinski definition) is 1. The topological polar surface area (TPSA) is 64.6 Å². The van der Waals surface area contributed by atoms with Gasteiger partial charge in [-0.05, 0) is 12.8 Å². The summed E-state index contributed by atoms with van der Waals surface area (Å²) in [4.78, 5) is 27.1. The van der Waals surface area contributed by atoms with Gasteiger partial charge in [0.2, 0.25) is 5.91 Å². The standard InChI is InChI=1S/C10H17NO4/c1-14-10(13)7-6-9(12)11-15-8-4-2-3-5-8/h8H,2-7H2,1H3,(H,11,12). The van der Waals surface area contributed by atoms with Crippen molar-refractivity contribution < 1.29 is 19.2 Å². The smallest absolute Gasteiger partial charge is 0.306 e. The van der Waals surface area contributed by atoms with Crippen LogP contribution < -0.4 is 5.48 Å². The lowest BCUT2D eigenvalue weighted by atomic mass is 10.3. The Morgan fingerprint density at radius 1 is 1.27 bits per heavy atom. The van der Waals surface area contributed by atoms with Crippen molar-refractivity contribution >= 4 is 11.9 Å². The second kappa shape index (κ2) is 6.40. The molecule has 0 unspecified atom stereocenters. The minimum Gasteiger partial charge on any atom is -0.469 e. The summed E-state index contributed by atoms with van der Waals surface area (Å²) >= 11 is 0. The molecule has 15 heavy (non-hydrogen) atoms. The zero-order chi connectivity index (χ0) is 11.1. The van der Waals surface area contributed by atoms with E-state index in [2.05, 4.69) is 10.2 Å². The number of esters is 1. The number of hydroxylamine groups is 1. The number of ether oxygens (including phenoxy) is 1. The van der Waals surface area contributed by atoms with Gasteiger partial charge in [-0.3, -0.25) is 14.4 Å². The van der Waals surface area contributed by atoms with Gasteiger partial charge in [-0.25, -0.2) is 5.48 Å². The number of rotatable bonds is 5. The molecule has 0 aromatic rings. The third kappa shape index (κ3) is 4.78. The summed E-state index contributed by atoms with van der Waals surface area (Å²) in [5.74, 6) is -0.654. The van der Waals surface area contributed by atoms with Gasteiger partial charge >= 0.3 is 5.97 Å². The van der Waals surface area contributed by atoms with Crippen molar-refractivity contribution in [1.29, 1.82) is 0 Å². The molecule has 0 radical (unpaired) electrons. The summed E-state index contributed by atoms with van der Waals surface area (Å²) in [6.07, 6.45) is 4.66. The van der Waals surface area contributed by atoms with E-state index in [0.29, 0.717) is 0 Å². The molecule has 0 aliphatic heterocycles. The fourth-order valence-electron chi connectivity index (χ4n) is 1.52. The molecule has 0 spiro atoms. The Morgan fingerprint density at radius 2 is 1.93 bits per heavy atom. The molecule has 1 aliphatic rings. The Labute approximate surface area is 89.1 Å². The molecule has 1 N–H and O–H groups in total. The molecule has 0 aromatic heterocycles. The number of amides is 1. The van der Waals surface area contributed by atoms with E-state index in [9.17, 15) is 9.59 Å². The lowest BCUT2D eigenvalue weighted by Gasteiger charge is -2.10. The fraction of sp³-hybridized carbons (Fsp3) is 0.800. The zero-order valence-corrected chi connectivity index (χ0v) is 8.95. The maximum absolute atomic E-state index is 11.2. The van der Waals surface area contributed by atoms with E-state index in [1.807, 2.05) is 0 Å². The monoisotopic (exact) mass is 215 g/mol. The Bertz CT molecular complexity index is 223. The first-order chi connectivity index (χ1) is 7.22. The van der Waals surface area contributed by atoms with E-state index in [0.717, 1.165) is 25.7 Å². The van der Waals surface area contributed by atoms with Gasteiger partial charge in [0.1, 0.15) is 0 Å². The average molecular weight is 215 g/mol. The van der Waals surface area contributed by atoms with Crippen molar-refractivity contribution in [3.8, 4) is 0 Å². The van der Waals surface area contributed by atoms with Gasteiger partial charge in [-0.2, -0.15) is 0 Å². The summed E-state index contributed by atoms with van der Waals surface area (Å²) in [6, 6.07) is 0. The first kappa shape index (κ1) is 12.0. The van der Waals surface area contributed by atoms with Gasteiger partial charge in [-0.15, -0.1) is 0 Å². The van der Waals surface area contributed by atoms with E-state index < -0.39 is 0 Å². The second-order valence-electron chi connectivity index (χ2n) is 3.63. The first-order valence-corrected chi connectivity index (χ1v) is 5.23. The van der Waals surface area contributed by atoms with Crippen LogP contribution in [0.3, 0.4) is 0 Å². The fourth-order valence-corrected chi connectivity index (χ4v) is 1.52. The third-order valence-electron chi connectivity index (χ3n) is 2.43. The van der Waals surface area contributed by atoms with Crippen LogP contribution in [0.5, 0.6) is 0 Å². The van der Waals surface area contributed by atoms with Crippen molar-refractivity contribution in [1.82, 2.24) is 5.48 Å². The largest absolute Gasteiger partial charge is 0.469 e. The van der Waals surface area contributed by atoms with Crippen LogP contribution in [0.4, 0.5) is 0 Å². The Kier molecular flexibility index (Phi) is 5.10. The minimum absolute atomic E-state index is 0.0936. The highest BCUT2D eigenvalue weighted by atomic mass is 16.7. The van der Waals surface area contributed by atoms with Crippen LogP contribution in [0, 0.1) is 0 Å². The predicted molar refractivity (Wildman–Crippen MR) is 52.7 cm³/mol. The van der Waals surface area contributed by atoms with Crippen LogP contribution in [0.2, 0.25) is 0 Å². The van der Waals surface area contributed by atoms with Crippen LogP contribution in [-0.2, 0) is 19.2 Å². The maximum Gasteiger partial charge on any atom is 0.306 e. The van der Waals surface area contributed by atoms with E-state index in [1.54, 1.807) is 0 Å². The highest BCUT2D eigenvalue weighted by molar-refractivity contribution is 5.80. The van der Waals surface area contributed by atoms with Crippen molar-refractivity contribution in [3.63, 3.8) is 0 Å². The molecule has 0 aromatic carbocycles. The molecule has 1 aliphatic carbocycles. The van der Waals surface area contributed by atoms with Gasteiger partial charge in [0, 0.05) is 6.42 Å². The number of carbonyl (C=O) groups is 2. The molecule has 5 heteroatoms. The van der Waals surface area contributed by atoms with Crippen LogP contribution in [-0.4, -0.2) is 25.1 Å². The molecule has 5 nitrogen and oxygen atoms in total. The van der Waals surface area contributed by atoms with Gasteiger partial charge in [0.05, 0.1) is 19.6 Å². The molecule has 1 saturated carbocycles. The highest BCUT2D eigenvalue weighted by Crippen LogP contribution is 2.19. The maximum atomic E-state index is 11.2. The van der Waals surface area contributed by atoms with Crippen molar-refractivity contribution in [2.45, 2.75) is 44.6 Å². The molecule has 1 fully saturated rings. The SMILES string of the molecule is COC(=O)CCC(=O)NOC1CCCC1.